The van der Waals surface area contributed by atoms with E-state index in [1.807, 2.05) is 6.07 Å². The molecule has 2 aliphatic heterocycles. The Morgan fingerprint density at radius 3 is 2.82 bits per heavy atom. The zero-order valence-corrected chi connectivity index (χ0v) is 27.9. The number of ether oxygens (including phenoxy) is 2. The fraction of sp³-hybridized carbons (Fsp3) is 0.500. The van der Waals surface area contributed by atoms with Crippen LogP contribution in [0.1, 0.15) is 90.4 Å². The quantitative estimate of drug-likeness (QED) is 0.273. The van der Waals surface area contributed by atoms with Crippen LogP contribution in [0.5, 0.6) is 5.88 Å². The van der Waals surface area contributed by atoms with E-state index in [1.165, 1.54) is 0 Å². The van der Waals surface area contributed by atoms with Crippen molar-refractivity contribution in [2.75, 3.05) is 32.5 Å². The van der Waals surface area contributed by atoms with Crippen LogP contribution >= 0.6 is 0 Å². The minimum Gasteiger partial charge on any atom is -0.473 e. The lowest BCUT2D eigenvalue weighted by molar-refractivity contribution is 0.0924. The minimum atomic E-state index is -0.500. The molecule has 49 heavy (non-hydrogen) atoms. The van der Waals surface area contributed by atoms with Gasteiger partial charge in [0.15, 0.2) is 28.8 Å². The number of hydrogen-bond donors (Lipinski definition) is 2. The van der Waals surface area contributed by atoms with Gasteiger partial charge >= 0.3 is 0 Å². The fourth-order valence-corrected chi connectivity index (χ4v) is 8.47. The molecule has 2 aliphatic carbocycles. The van der Waals surface area contributed by atoms with E-state index in [1.54, 1.807) is 23.0 Å². The number of nitriles is 1. The highest BCUT2D eigenvalue weighted by molar-refractivity contribution is 5.92. The third-order valence-electron chi connectivity index (χ3n) is 10.9. The lowest BCUT2D eigenvalue weighted by Crippen LogP contribution is -2.38. The molecule has 0 radical (unpaired) electrons. The number of nitrogens with one attached hydrogen (secondary N) is 1. The zero-order chi connectivity index (χ0) is 33.7. The van der Waals surface area contributed by atoms with Gasteiger partial charge in [-0.15, -0.1) is 0 Å². The number of nitrogen functional groups attached to an aromatic ring is 1. The number of carbonyl (C=O) groups excluding carboxylic acids is 1. The Morgan fingerprint density at radius 2 is 2.04 bits per heavy atom. The van der Waals surface area contributed by atoms with Crippen LogP contribution in [-0.2, 0) is 23.0 Å². The molecule has 1 aromatic carbocycles. The summed E-state index contributed by atoms with van der Waals surface area (Å²) in [6, 6.07) is 9.94. The summed E-state index contributed by atoms with van der Waals surface area (Å²) in [4.78, 5) is 25.1. The number of anilines is 1. The van der Waals surface area contributed by atoms with E-state index in [-0.39, 0.29) is 29.8 Å². The third-order valence-corrected chi connectivity index (χ3v) is 10.9. The number of hydrogen-bond acceptors (Lipinski definition) is 11. The largest absolute Gasteiger partial charge is 0.473 e. The minimum absolute atomic E-state index is 0.0306. The van der Waals surface area contributed by atoms with Gasteiger partial charge in [-0.25, -0.2) is 9.67 Å². The van der Waals surface area contributed by atoms with Crippen molar-refractivity contribution in [3.63, 3.8) is 0 Å². The van der Waals surface area contributed by atoms with Crippen molar-refractivity contribution in [1.82, 2.24) is 35.1 Å². The second kappa shape index (κ2) is 12.6. The first-order valence-corrected chi connectivity index (χ1v) is 17.4. The molecule has 3 N–H and O–H groups in total. The molecule has 0 saturated carbocycles. The summed E-state index contributed by atoms with van der Waals surface area (Å²) in [5.74, 6) is 1.69. The number of aromatic nitrogens is 5. The summed E-state index contributed by atoms with van der Waals surface area (Å²) in [6.07, 6.45) is 9.69. The van der Waals surface area contributed by atoms with Crippen molar-refractivity contribution in [3.8, 4) is 29.3 Å². The number of nitrogens with zero attached hydrogens (tertiary/aromatic N) is 7. The van der Waals surface area contributed by atoms with E-state index >= 15 is 0 Å². The lowest BCUT2D eigenvalue weighted by atomic mass is 9.61. The SMILES string of the molecule is C[C@H](Oc1cc(-n2ccc(C(=O)N[C@@H]3CCOC3)n2)nc(-c2noc3c2CCC[C@@]32CCCc3ccc(N)c(C#N)c32)n1)[C@@H]1CCCN1C. The molecule has 4 aliphatic rings. The molecule has 4 aromatic rings. The number of fused-ring (bicyclic) bond motifs is 4. The van der Waals surface area contributed by atoms with Crippen LogP contribution in [0.4, 0.5) is 5.69 Å². The Bertz CT molecular complexity index is 1940. The number of nitrogens with two attached hydrogens (primary N) is 1. The number of likely N-dealkylation sites (N-methyl/N-ethyl adjacent to an activating group) is 1. The second-order valence-corrected chi connectivity index (χ2v) is 13.9. The summed E-state index contributed by atoms with van der Waals surface area (Å²) >= 11 is 0. The summed E-state index contributed by atoms with van der Waals surface area (Å²) in [6.45, 7) is 4.22. The first-order valence-electron chi connectivity index (χ1n) is 17.4. The monoisotopic (exact) mass is 663 g/mol. The van der Waals surface area contributed by atoms with Crippen molar-refractivity contribution in [2.45, 2.75) is 88.3 Å². The maximum Gasteiger partial charge on any atom is 0.272 e. The van der Waals surface area contributed by atoms with E-state index in [9.17, 15) is 10.1 Å². The van der Waals surface area contributed by atoms with Crippen molar-refractivity contribution in [1.29, 1.82) is 5.26 Å². The molecule has 2 fully saturated rings. The van der Waals surface area contributed by atoms with Crippen LogP contribution in [0.15, 0.2) is 35.0 Å². The zero-order valence-electron chi connectivity index (χ0n) is 27.9. The van der Waals surface area contributed by atoms with Crippen LogP contribution in [0.25, 0.3) is 17.3 Å². The maximum atomic E-state index is 13.0. The average molecular weight is 664 g/mol. The van der Waals surface area contributed by atoms with Gasteiger partial charge < -0.3 is 25.0 Å². The molecule has 1 amide bonds. The molecule has 13 heteroatoms. The molecular weight excluding hydrogens is 622 g/mol. The Labute approximate surface area is 284 Å². The summed E-state index contributed by atoms with van der Waals surface area (Å²) in [7, 11) is 2.12. The number of likely N-dealkylation sites (tertiary alicyclic amines) is 1. The van der Waals surface area contributed by atoms with E-state index in [0.29, 0.717) is 47.7 Å². The Balaban J connectivity index is 1.19. The van der Waals surface area contributed by atoms with Crippen molar-refractivity contribution < 1.29 is 18.8 Å². The molecule has 0 unspecified atom stereocenters. The van der Waals surface area contributed by atoms with Crippen LogP contribution < -0.4 is 15.8 Å². The summed E-state index contributed by atoms with van der Waals surface area (Å²) in [5.41, 5.74) is 10.8. The van der Waals surface area contributed by atoms with Crippen molar-refractivity contribution in [2.24, 2.45) is 0 Å². The molecule has 5 heterocycles. The Hall–Kier alpha value is -4.80. The highest BCUT2D eigenvalue weighted by Gasteiger charge is 2.48. The summed E-state index contributed by atoms with van der Waals surface area (Å²) in [5, 5.41) is 22.4. The van der Waals surface area contributed by atoms with Gasteiger partial charge in [0.2, 0.25) is 5.88 Å². The van der Waals surface area contributed by atoms with Crippen molar-refractivity contribution >= 4 is 11.6 Å². The van der Waals surface area contributed by atoms with Gasteiger partial charge in [-0.1, -0.05) is 11.2 Å². The molecule has 8 rings (SSSR count). The van der Waals surface area contributed by atoms with Crippen LogP contribution in [0, 0.1) is 11.3 Å². The molecule has 3 aromatic heterocycles. The van der Waals surface area contributed by atoms with Crippen molar-refractivity contribution in [3.05, 3.63) is 64.2 Å². The van der Waals surface area contributed by atoms with E-state index in [4.69, 9.17) is 29.7 Å². The number of rotatable bonds is 7. The van der Waals surface area contributed by atoms with Gasteiger partial charge in [0.25, 0.3) is 5.91 Å². The first kappa shape index (κ1) is 31.5. The smallest absolute Gasteiger partial charge is 0.272 e. The molecule has 254 valence electrons. The van der Waals surface area contributed by atoms with Crippen LogP contribution in [-0.4, -0.2) is 80.7 Å². The number of amides is 1. The average Bonchev–Trinajstić information content (AvgIpc) is 3.93. The second-order valence-electron chi connectivity index (χ2n) is 13.9. The number of carbonyl (C=O) groups is 1. The van der Waals surface area contributed by atoms with Gasteiger partial charge in [0, 0.05) is 36.2 Å². The number of aryl methyl sites for hydroxylation is 1. The number of benzene rings is 1. The molecule has 1 spiro atoms. The first-order chi connectivity index (χ1) is 23.8. The topological polar surface area (TPSA) is 170 Å². The lowest BCUT2D eigenvalue weighted by Gasteiger charge is -2.41. The van der Waals surface area contributed by atoms with Gasteiger partial charge in [0.05, 0.1) is 23.6 Å². The molecule has 4 atom stereocenters. The molecule has 2 saturated heterocycles. The third kappa shape index (κ3) is 5.53. The predicted molar refractivity (Wildman–Crippen MR) is 179 cm³/mol. The normalized spacial score (nSPS) is 23.9. The predicted octanol–water partition coefficient (Wildman–Crippen LogP) is 4.11. The molecule has 13 nitrogen and oxygen atoms in total. The standard InChI is InChI=1S/C36H41N9O4/c1-21(28-8-5-15-44(28)2)48-30-18-29(45-16-11-27(42-45)35(46)39-23-12-17-47-20-23)40-34(41-30)32-24-7-4-14-36(33(24)49-43-32)13-3-6-22-9-10-26(38)25(19-37)31(22)36/h9-11,16,18,21,23,28H,3-8,12-15,17,20,38H2,1-2H3,(H,39,46)/t21-,23+,28-,36+/m0/s1. The van der Waals surface area contributed by atoms with Gasteiger partial charge in [-0.05, 0) is 102 Å². The Kier molecular flexibility index (Phi) is 8.08. The maximum absolute atomic E-state index is 13.0. The van der Waals surface area contributed by atoms with Gasteiger partial charge in [-0.2, -0.15) is 15.3 Å². The van der Waals surface area contributed by atoms with E-state index < -0.39 is 5.41 Å². The highest BCUT2D eigenvalue weighted by Crippen LogP contribution is 2.53. The Morgan fingerprint density at radius 1 is 1.18 bits per heavy atom. The van der Waals surface area contributed by atoms with E-state index in [0.717, 1.165) is 86.8 Å². The van der Waals surface area contributed by atoms with Gasteiger partial charge in [-0.3, -0.25) is 9.69 Å². The van der Waals surface area contributed by atoms with Gasteiger partial charge in [0.1, 0.15) is 12.2 Å². The molecule has 0 bridgehead atoms. The van der Waals surface area contributed by atoms with Crippen LogP contribution in [0.2, 0.25) is 0 Å². The highest BCUT2D eigenvalue weighted by atomic mass is 16.5. The fourth-order valence-electron chi connectivity index (χ4n) is 8.47. The molecular formula is C36H41N9O4. The van der Waals surface area contributed by atoms with E-state index in [2.05, 4.69) is 46.6 Å². The van der Waals surface area contributed by atoms with Crippen LogP contribution in [0.3, 0.4) is 0 Å². The summed E-state index contributed by atoms with van der Waals surface area (Å²) < 4.78 is 19.8.